The number of amidine groups is 1. The fourth-order valence-corrected chi connectivity index (χ4v) is 5.41. The zero-order valence-electron chi connectivity index (χ0n) is 15.6. The molecule has 2 aliphatic heterocycles. The molecule has 5 nitrogen and oxygen atoms in total. The maximum Gasteiger partial charge on any atom is 0.174 e. The highest BCUT2D eigenvalue weighted by molar-refractivity contribution is 9.10. The van der Waals surface area contributed by atoms with Gasteiger partial charge in [-0.3, -0.25) is 9.98 Å². The van der Waals surface area contributed by atoms with Gasteiger partial charge in [0.1, 0.15) is 6.04 Å². The first-order chi connectivity index (χ1) is 13.1. The third-order valence-corrected chi connectivity index (χ3v) is 6.45. The summed E-state index contributed by atoms with van der Waals surface area (Å²) >= 11 is 5.49. The van der Waals surface area contributed by atoms with Crippen molar-refractivity contribution in [3.05, 3.63) is 52.3 Å². The normalized spacial score (nSPS) is 23.9. The van der Waals surface area contributed by atoms with E-state index in [0.717, 1.165) is 38.9 Å². The van der Waals surface area contributed by atoms with E-state index in [-0.39, 0.29) is 12.1 Å². The van der Waals surface area contributed by atoms with Crippen LogP contribution in [0.25, 0.3) is 0 Å². The number of pyridine rings is 1. The second-order valence-corrected chi connectivity index (χ2v) is 8.86. The number of aromatic nitrogens is 1. The average Bonchev–Trinajstić information content (AvgIpc) is 3.18. The van der Waals surface area contributed by atoms with Crippen molar-refractivity contribution >= 4 is 32.9 Å². The lowest BCUT2D eigenvalue weighted by Gasteiger charge is -2.28. The number of rotatable bonds is 5. The van der Waals surface area contributed by atoms with Crippen LogP contribution in [0.3, 0.4) is 0 Å². The zero-order valence-corrected chi connectivity index (χ0v) is 18.0. The SMILES string of the molecule is CCOc1cc([C@H]2[C@@H](c3ccccn3)N=C3S[C@@H](C)CN32)cc(Br)c1OC. The molecule has 27 heavy (non-hydrogen) atoms. The van der Waals surface area contributed by atoms with Gasteiger partial charge < -0.3 is 14.4 Å². The molecule has 3 atom stereocenters. The van der Waals surface area contributed by atoms with E-state index in [0.29, 0.717) is 11.9 Å². The first-order valence-corrected chi connectivity index (χ1v) is 10.7. The number of thioether (sulfide) groups is 1. The van der Waals surface area contributed by atoms with Crippen molar-refractivity contribution in [2.45, 2.75) is 31.2 Å². The van der Waals surface area contributed by atoms with Gasteiger partial charge in [-0.15, -0.1) is 0 Å². The molecule has 1 aromatic carbocycles. The molecule has 0 bridgehead atoms. The van der Waals surface area contributed by atoms with Gasteiger partial charge in [0.05, 0.1) is 29.9 Å². The minimum Gasteiger partial charge on any atom is -0.492 e. The number of nitrogens with zero attached hydrogens (tertiary/aromatic N) is 3. The van der Waals surface area contributed by atoms with Gasteiger partial charge in [-0.1, -0.05) is 24.8 Å². The van der Waals surface area contributed by atoms with Crippen LogP contribution in [0.1, 0.15) is 37.2 Å². The van der Waals surface area contributed by atoms with Gasteiger partial charge >= 0.3 is 0 Å². The van der Waals surface area contributed by atoms with Gasteiger partial charge in [-0.2, -0.15) is 0 Å². The molecule has 0 aliphatic carbocycles. The van der Waals surface area contributed by atoms with E-state index in [1.54, 1.807) is 7.11 Å². The number of methoxy groups -OCH3 is 1. The first kappa shape index (κ1) is 18.6. The topological polar surface area (TPSA) is 47.0 Å². The third kappa shape index (κ3) is 3.43. The zero-order chi connectivity index (χ0) is 19.0. The fourth-order valence-electron chi connectivity index (χ4n) is 3.70. The highest BCUT2D eigenvalue weighted by atomic mass is 79.9. The lowest BCUT2D eigenvalue weighted by molar-refractivity contribution is 0.301. The molecule has 1 saturated heterocycles. The number of benzene rings is 1. The Morgan fingerprint density at radius 2 is 2.19 bits per heavy atom. The molecule has 4 rings (SSSR count). The van der Waals surface area contributed by atoms with Crippen molar-refractivity contribution in [1.29, 1.82) is 0 Å². The molecule has 1 aromatic heterocycles. The molecule has 0 saturated carbocycles. The molecule has 7 heteroatoms. The van der Waals surface area contributed by atoms with E-state index in [1.165, 1.54) is 0 Å². The van der Waals surface area contributed by atoms with Crippen molar-refractivity contribution in [3.63, 3.8) is 0 Å². The lowest BCUT2D eigenvalue weighted by Crippen LogP contribution is -2.28. The van der Waals surface area contributed by atoms with Crippen LogP contribution in [0.15, 0.2) is 46.0 Å². The van der Waals surface area contributed by atoms with Gasteiger partial charge in [-0.05, 0) is 52.7 Å². The fraction of sp³-hybridized carbons (Fsp3) is 0.400. The Morgan fingerprint density at radius 3 is 2.89 bits per heavy atom. The van der Waals surface area contributed by atoms with Crippen LogP contribution in [-0.2, 0) is 0 Å². The summed E-state index contributed by atoms with van der Waals surface area (Å²) in [6.07, 6.45) is 1.83. The third-order valence-electron chi connectivity index (χ3n) is 4.76. The van der Waals surface area contributed by atoms with Crippen molar-refractivity contribution in [2.24, 2.45) is 4.99 Å². The molecule has 1 fully saturated rings. The predicted molar refractivity (Wildman–Crippen MR) is 113 cm³/mol. The summed E-state index contributed by atoms with van der Waals surface area (Å²) in [6.45, 7) is 5.78. The van der Waals surface area contributed by atoms with Crippen LogP contribution in [-0.4, -0.2) is 40.6 Å². The van der Waals surface area contributed by atoms with Crippen molar-refractivity contribution in [3.8, 4) is 11.5 Å². The molecule has 0 amide bonds. The van der Waals surface area contributed by atoms with Gasteiger partial charge in [0.2, 0.25) is 0 Å². The van der Waals surface area contributed by atoms with Crippen molar-refractivity contribution in [2.75, 3.05) is 20.3 Å². The van der Waals surface area contributed by atoms with E-state index in [4.69, 9.17) is 14.5 Å². The van der Waals surface area contributed by atoms with E-state index < -0.39 is 0 Å². The summed E-state index contributed by atoms with van der Waals surface area (Å²) in [5.41, 5.74) is 2.14. The number of ether oxygens (including phenoxy) is 2. The number of fused-ring (bicyclic) bond motifs is 1. The standard InChI is InChI=1S/C20H22BrN3O2S/c1-4-26-16-10-13(9-14(21)19(16)25-3)18-17(15-7-5-6-8-22-15)23-20-24(18)11-12(2)27-20/h5-10,12,17-18H,4,11H2,1-3H3/t12-,17+,18-/m0/s1. The smallest absolute Gasteiger partial charge is 0.174 e. The van der Waals surface area contributed by atoms with E-state index in [1.807, 2.05) is 37.0 Å². The van der Waals surface area contributed by atoms with Crippen LogP contribution in [0.5, 0.6) is 11.5 Å². The van der Waals surface area contributed by atoms with Crippen LogP contribution in [0.4, 0.5) is 0 Å². The Morgan fingerprint density at radius 1 is 1.33 bits per heavy atom. The molecule has 2 aliphatic rings. The monoisotopic (exact) mass is 447 g/mol. The van der Waals surface area contributed by atoms with Crippen LogP contribution in [0, 0.1) is 0 Å². The molecule has 0 radical (unpaired) electrons. The number of aliphatic imine (C=N–C) groups is 1. The molecule has 2 aromatic rings. The largest absolute Gasteiger partial charge is 0.492 e. The molecule has 0 spiro atoms. The quantitative estimate of drug-likeness (QED) is 0.655. The van der Waals surface area contributed by atoms with Crippen molar-refractivity contribution in [1.82, 2.24) is 9.88 Å². The molecule has 3 heterocycles. The minimum atomic E-state index is -0.0315. The summed E-state index contributed by atoms with van der Waals surface area (Å²) in [4.78, 5) is 12.0. The maximum atomic E-state index is 5.85. The Kier molecular flexibility index (Phi) is 5.32. The van der Waals surface area contributed by atoms with E-state index in [9.17, 15) is 0 Å². The summed E-state index contributed by atoms with van der Waals surface area (Å²) < 4.78 is 12.3. The number of hydrogen-bond donors (Lipinski definition) is 0. The van der Waals surface area contributed by atoms with Gasteiger partial charge in [0.15, 0.2) is 16.7 Å². The van der Waals surface area contributed by atoms with Crippen LogP contribution in [0.2, 0.25) is 0 Å². The lowest BCUT2D eigenvalue weighted by atomic mass is 9.96. The van der Waals surface area contributed by atoms with E-state index in [2.05, 4.69) is 50.9 Å². The van der Waals surface area contributed by atoms with Crippen LogP contribution >= 0.6 is 27.7 Å². The maximum absolute atomic E-state index is 5.85. The summed E-state index contributed by atoms with van der Waals surface area (Å²) in [7, 11) is 1.66. The predicted octanol–water partition coefficient (Wildman–Crippen LogP) is 4.84. The summed E-state index contributed by atoms with van der Waals surface area (Å²) in [6, 6.07) is 10.3. The van der Waals surface area contributed by atoms with Crippen molar-refractivity contribution < 1.29 is 9.47 Å². The average molecular weight is 448 g/mol. The molecule has 142 valence electrons. The summed E-state index contributed by atoms with van der Waals surface area (Å²) in [5.74, 6) is 1.47. The Hall–Kier alpha value is -1.73. The second-order valence-electron chi connectivity index (χ2n) is 6.60. The highest BCUT2D eigenvalue weighted by Gasteiger charge is 2.43. The molecule has 0 N–H and O–H groups in total. The molecular weight excluding hydrogens is 426 g/mol. The highest BCUT2D eigenvalue weighted by Crippen LogP contribution is 2.49. The van der Waals surface area contributed by atoms with Gasteiger partial charge in [0, 0.05) is 18.0 Å². The van der Waals surface area contributed by atoms with Crippen LogP contribution < -0.4 is 9.47 Å². The number of halogens is 1. The summed E-state index contributed by atoms with van der Waals surface area (Å²) in [5, 5.41) is 1.64. The van der Waals surface area contributed by atoms with Gasteiger partial charge in [-0.25, -0.2) is 0 Å². The number of hydrogen-bond acceptors (Lipinski definition) is 6. The Bertz CT molecular complexity index is 862. The molecule has 0 unspecified atom stereocenters. The molecular formula is C20H22BrN3O2S. The second kappa shape index (κ2) is 7.72. The van der Waals surface area contributed by atoms with E-state index >= 15 is 0 Å². The minimum absolute atomic E-state index is 0.0315. The Balaban J connectivity index is 1.80. The first-order valence-electron chi connectivity index (χ1n) is 9.04. The Labute approximate surface area is 172 Å². The van der Waals surface area contributed by atoms with Gasteiger partial charge in [0.25, 0.3) is 0 Å².